The van der Waals surface area contributed by atoms with Gasteiger partial charge in [-0.25, -0.2) is 9.67 Å². The summed E-state index contributed by atoms with van der Waals surface area (Å²) >= 11 is 0. The number of carbonyl (C=O) groups is 2. The summed E-state index contributed by atoms with van der Waals surface area (Å²) in [5.74, 6) is -1.01. The number of anilines is 1. The largest absolute Gasteiger partial charge is 0.480 e. The first-order chi connectivity index (χ1) is 12.5. The molecule has 1 amide bonds. The van der Waals surface area contributed by atoms with Gasteiger partial charge in [0.05, 0.1) is 19.9 Å². The van der Waals surface area contributed by atoms with Crippen molar-refractivity contribution in [2.75, 3.05) is 19.0 Å². The molecule has 2 N–H and O–H groups in total. The lowest BCUT2D eigenvalue weighted by atomic mass is 10.2. The van der Waals surface area contributed by atoms with Crippen LogP contribution in [0.2, 0.25) is 0 Å². The Balaban J connectivity index is 1.52. The van der Waals surface area contributed by atoms with Crippen molar-refractivity contribution in [1.82, 2.24) is 25.0 Å². The molecule has 1 aliphatic rings. The van der Waals surface area contributed by atoms with E-state index in [-0.39, 0.29) is 31.1 Å². The number of hydrogen-bond donors (Lipinski definition) is 2. The van der Waals surface area contributed by atoms with E-state index in [1.54, 1.807) is 6.07 Å². The Morgan fingerprint density at radius 1 is 1.50 bits per heavy atom. The number of amides is 1. The van der Waals surface area contributed by atoms with Crippen LogP contribution >= 0.6 is 0 Å². The molecule has 0 radical (unpaired) electrons. The summed E-state index contributed by atoms with van der Waals surface area (Å²) in [5.41, 5.74) is 0. The third-order valence-electron chi connectivity index (χ3n) is 3.42. The first-order valence-electron chi connectivity index (χ1n) is 7.61. The Morgan fingerprint density at radius 3 is 3.12 bits per heavy atom. The molecule has 1 aliphatic heterocycles. The Morgan fingerprint density at radius 2 is 2.35 bits per heavy atom. The van der Waals surface area contributed by atoms with Gasteiger partial charge in [-0.15, -0.1) is 5.10 Å². The van der Waals surface area contributed by atoms with Crippen molar-refractivity contribution >= 4 is 17.7 Å². The molecule has 12 nitrogen and oxygen atoms in total. The summed E-state index contributed by atoms with van der Waals surface area (Å²) in [6.07, 6.45) is 2.06. The van der Waals surface area contributed by atoms with Gasteiger partial charge in [-0.1, -0.05) is 5.21 Å². The minimum absolute atomic E-state index is 0.143. The second-order valence-corrected chi connectivity index (χ2v) is 5.36. The third kappa shape index (κ3) is 4.42. The molecule has 1 fully saturated rings. The average Bonchev–Trinajstić information content (AvgIpc) is 3.24. The van der Waals surface area contributed by atoms with E-state index in [1.165, 1.54) is 19.5 Å². The Hall–Kier alpha value is -3.28. The molecule has 0 unspecified atom stereocenters. The van der Waals surface area contributed by atoms with Gasteiger partial charge in [-0.05, 0) is 0 Å². The molecule has 2 atom stereocenters. The number of hydrogen-bond acceptors (Lipinski definition) is 9. The molecule has 2 aromatic rings. The van der Waals surface area contributed by atoms with Gasteiger partial charge in [0, 0.05) is 18.7 Å². The van der Waals surface area contributed by atoms with Crippen LogP contribution in [0, 0.1) is 0 Å². The molecule has 1 saturated heterocycles. The van der Waals surface area contributed by atoms with E-state index >= 15 is 0 Å². The maximum atomic E-state index is 12.2. The number of rotatable bonds is 7. The highest BCUT2D eigenvalue weighted by molar-refractivity contribution is 5.93. The zero-order valence-corrected chi connectivity index (χ0v) is 13.7. The van der Waals surface area contributed by atoms with Crippen molar-refractivity contribution in [3.8, 4) is 11.9 Å². The summed E-state index contributed by atoms with van der Waals surface area (Å²) < 4.78 is 17.1. The first-order valence-corrected chi connectivity index (χ1v) is 7.61. The predicted molar refractivity (Wildman–Crippen MR) is 83.6 cm³/mol. The summed E-state index contributed by atoms with van der Waals surface area (Å²) in [7, 11) is 1.45. The predicted octanol–water partition coefficient (Wildman–Crippen LogP) is -0.664. The Kier molecular flexibility index (Phi) is 5.22. The normalized spacial score (nSPS) is 19.1. The minimum atomic E-state index is -1.06. The average molecular weight is 364 g/mol. The molecule has 0 bridgehead atoms. The van der Waals surface area contributed by atoms with Crippen molar-refractivity contribution in [1.29, 1.82) is 0 Å². The van der Waals surface area contributed by atoms with Crippen molar-refractivity contribution in [2.45, 2.75) is 25.2 Å². The van der Waals surface area contributed by atoms with Crippen molar-refractivity contribution in [3.63, 3.8) is 0 Å². The summed E-state index contributed by atoms with van der Waals surface area (Å²) in [6, 6.07) is 1.76. The molecule has 3 heterocycles. The fourth-order valence-electron chi connectivity index (χ4n) is 2.30. The van der Waals surface area contributed by atoms with Crippen LogP contribution in [-0.4, -0.2) is 67.9 Å². The van der Waals surface area contributed by atoms with Gasteiger partial charge in [0.15, 0.2) is 5.82 Å². The van der Waals surface area contributed by atoms with Crippen LogP contribution in [0.3, 0.4) is 0 Å². The fraction of sp³-hybridized carbons (Fsp3) is 0.429. The number of ether oxygens (including phenoxy) is 3. The molecular weight excluding hydrogens is 348 g/mol. The van der Waals surface area contributed by atoms with Gasteiger partial charge in [0.1, 0.15) is 18.8 Å². The number of carboxylic acids is 1. The van der Waals surface area contributed by atoms with Gasteiger partial charge < -0.3 is 24.6 Å². The zero-order chi connectivity index (χ0) is 18.5. The molecule has 26 heavy (non-hydrogen) atoms. The molecule has 0 saturated carbocycles. The number of nitrogens with one attached hydrogen (secondary N) is 1. The van der Waals surface area contributed by atoms with Gasteiger partial charge in [0.25, 0.3) is 5.91 Å². The lowest BCUT2D eigenvalue weighted by molar-refractivity contribution is -0.137. The van der Waals surface area contributed by atoms with Crippen LogP contribution in [0.4, 0.5) is 5.82 Å². The van der Waals surface area contributed by atoms with Crippen molar-refractivity contribution < 1.29 is 28.9 Å². The van der Waals surface area contributed by atoms with Gasteiger partial charge in [-0.2, -0.15) is 4.98 Å². The molecule has 12 heteroatoms. The van der Waals surface area contributed by atoms with Crippen molar-refractivity contribution in [3.05, 3.63) is 18.5 Å². The van der Waals surface area contributed by atoms with Gasteiger partial charge in [0.2, 0.25) is 5.88 Å². The quantitative estimate of drug-likeness (QED) is 0.647. The van der Waals surface area contributed by atoms with Crippen LogP contribution < -0.4 is 14.8 Å². The topological polar surface area (TPSA) is 151 Å². The summed E-state index contributed by atoms with van der Waals surface area (Å²) in [5, 5.41) is 18.5. The van der Waals surface area contributed by atoms with E-state index in [1.807, 2.05) is 0 Å². The number of methoxy groups -OCH3 is 1. The molecule has 0 spiro atoms. The highest BCUT2D eigenvalue weighted by Gasteiger charge is 2.33. The lowest BCUT2D eigenvalue weighted by Crippen LogP contribution is -2.28. The second-order valence-electron chi connectivity index (χ2n) is 5.36. The van der Waals surface area contributed by atoms with E-state index in [9.17, 15) is 9.59 Å². The molecule has 0 aliphatic carbocycles. The van der Waals surface area contributed by atoms with E-state index in [0.29, 0.717) is 12.3 Å². The van der Waals surface area contributed by atoms with Crippen molar-refractivity contribution in [2.24, 2.45) is 0 Å². The maximum Gasteiger partial charge on any atom is 0.325 e. The molecular formula is C14H16N6O6. The highest BCUT2D eigenvalue weighted by Crippen LogP contribution is 2.20. The van der Waals surface area contributed by atoms with Gasteiger partial charge >= 0.3 is 12.0 Å². The monoisotopic (exact) mass is 364 g/mol. The zero-order valence-electron chi connectivity index (χ0n) is 13.7. The molecule has 2 aromatic heterocycles. The van der Waals surface area contributed by atoms with Crippen LogP contribution in [-0.2, 0) is 20.9 Å². The van der Waals surface area contributed by atoms with Gasteiger partial charge in [-0.3, -0.25) is 9.59 Å². The van der Waals surface area contributed by atoms with Crippen LogP contribution in [0.15, 0.2) is 18.5 Å². The third-order valence-corrected chi connectivity index (χ3v) is 3.42. The minimum Gasteiger partial charge on any atom is -0.480 e. The standard InChI is InChI=1S/C14H16N6O6/c1-24-14-15-3-2-11(17-14)26-8-4-9(25-7-8)13(23)16-10-5-20(19-18-10)6-12(21)22/h2-3,5,8-9H,4,6-7H2,1H3,(H,16,23)(H,21,22)/t8-,9+/m0/s1. The van der Waals surface area contributed by atoms with E-state index < -0.39 is 18.0 Å². The molecule has 3 rings (SSSR count). The maximum absolute atomic E-state index is 12.2. The Labute approximate surface area is 147 Å². The highest BCUT2D eigenvalue weighted by atomic mass is 16.6. The molecule has 0 aromatic carbocycles. The van der Waals surface area contributed by atoms with E-state index in [2.05, 4.69) is 25.6 Å². The summed E-state index contributed by atoms with van der Waals surface area (Å²) in [6.45, 7) is -0.128. The smallest absolute Gasteiger partial charge is 0.325 e. The number of aliphatic carboxylic acids is 1. The van der Waals surface area contributed by atoms with Crippen LogP contribution in [0.1, 0.15) is 6.42 Å². The number of nitrogens with zero attached hydrogens (tertiary/aromatic N) is 5. The fourth-order valence-corrected chi connectivity index (χ4v) is 2.30. The van der Waals surface area contributed by atoms with Crippen LogP contribution in [0.5, 0.6) is 11.9 Å². The Bertz CT molecular complexity index is 796. The second kappa shape index (κ2) is 7.74. The SMILES string of the molecule is COc1nccc(O[C@@H]2CO[C@@H](C(=O)Nc3cn(CC(=O)O)nn3)C2)n1. The van der Waals surface area contributed by atoms with Crippen LogP contribution in [0.25, 0.3) is 0 Å². The first kappa shape index (κ1) is 17.5. The summed E-state index contributed by atoms with van der Waals surface area (Å²) in [4.78, 5) is 30.7. The van der Waals surface area contributed by atoms with E-state index in [4.69, 9.17) is 19.3 Å². The number of carboxylic acid groups (broad SMARTS) is 1. The lowest BCUT2D eigenvalue weighted by Gasteiger charge is -2.11. The number of aromatic nitrogens is 5. The molecule has 138 valence electrons. The van der Waals surface area contributed by atoms with E-state index in [0.717, 1.165) is 4.68 Å². The number of carbonyl (C=O) groups excluding carboxylic acids is 1.